The molecule has 0 saturated carbocycles. The van der Waals surface area contributed by atoms with Crippen LogP contribution < -0.4 is 10.1 Å². The minimum Gasteiger partial charge on any atom is -0.481 e. The van der Waals surface area contributed by atoms with Gasteiger partial charge in [-0.25, -0.2) is 4.39 Å². The number of halogens is 1. The third-order valence-corrected chi connectivity index (χ3v) is 4.54. The molecule has 0 aliphatic carbocycles. The smallest absolute Gasteiger partial charge is 0.265 e. The number of rotatable bonds is 5. The van der Waals surface area contributed by atoms with Crippen molar-refractivity contribution < 1.29 is 18.7 Å². The van der Waals surface area contributed by atoms with E-state index in [-0.39, 0.29) is 17.6 Å². The molecule has 1 atom stereocenters. The standard InChI is InChI=1S/C21H23FN2O3/c1-15(27-19-11-7-17(22)8-12-19)20(25)23-18-9-5-16(6-10-18)21(26)24-13-3-2-4-14-24/h5-12,15H,2-4,13-14H2,1H3,(H,23,25). The number of carbonyl (C=O) groups excluding carboxylic acids is 2. The molecule has 3 rings (SSSR count). The van der Waals surface area contributed by atoms with Crippen LogP contribution >= 0.6 is 0 Å². The number of ether oxygens (including phenoxy) is 1. The average Bonchev–Trinajstić information content (AvgIpc) is 2.70. The minimum atomic E-state index is -0.745. The van der Waals surface area contributed by atoms with E-state index in [1.165, 1.54) is 30.7 Å². The highest BCUT2D eigenvalue weighted by atomic mass is 19.1. The number of nitrogens with zero attached hydrogens (tertiary/aromatic N) is 1. The molecule has 0 spiro atoms. The first-order valence-corrected chi connectivity index (χ1v) is 9.15. The zero-order chi connectivity index (χ0) is 19.2. The highest BCUT2D eigenvalue weighted by molar-refractivity contribution is 5.96. The Kier molecular flexibility index (Phi) is 6.06. The lowest BCUT2D eigenvalue weighted by Crippen LogP contribution is -2.35. The van der Waals surface area contributed by atoms with Gasteiger partial charge in [-0.15, -0.1) is 0 Å². The first-order chi connectivity index (χ1) is 13.0. The lowest BCUT2D eigenvalue weighted by molar-refractivity contribution is -0.122. The molecule has 1 N–H and O–H groups in total. The van der Waals surface area contributed by atoms with Crippen LogP contribution in [0.3, 0.4) is 0 Å². The molecule has 0 bridgehead atoms. The fraction of sp³-hybridized carbons (Fsp3) is 0.333. The number of amides is 2. The van der Waals surface area contributed by atoms with Crippen LogP contribution in [-0.2, 0) is 4.79 Å². The Morgan fingerprint density at radius 2 is 1.63 bits per heavy atom. The van der Waals surface area contributed by atoms with Crippen LogP contribution in [0.15, 0.2) is 48.5 Å². The predicted molar refractivity (Wildman–Crippen MR) is 101 cm³/mol. The molecular formula is C21H23FN2O3. The maximum Gasteiger partial charge on any atom is 0.265 e. The van der Waals surface area contributed by atoms with Gasteiger partial charge in [-0.2, -0.15) is 0 Å². The van der Waals surface area contributed by atoms with Crippen molar-refractivity contribution in [3.63, 3.8) is 0 Å². The van der Waals surface area contributed by atoms with Gasteiger partial charge in [-0.3, -0.25) is 9.59 Å². The Morgan fingerprint density at radius 1 is 1.00 bits per heavy atom. The van der Waals surface area contributed by atoms with Crippen molar-refractivity contribution in [3.8, 4) is 5.75 Å². The summed E-state index contributed by atoms with van der Waals surface area (Å²) in [5.74, 6) is -0.241. The van der Waals surface area contributed by atoms with Gasteiger partial charge in [0.2, 0.25) is 0 Å². The van der Waals surface area contributed by atoms with E-state index in [2.05, 4.69) is 5.32 Å². The molecule has 142 valence electrons. The molecule has 2 aromatic carbocycles. The van der Waals surface area contributed by atoms with Crippen LogP contribution in [0.5, 0.6) is 5.75 Å². The summed E-state index contributed by atoms with van der Waals surface area (Å²) in [6.07, 6.45) is 2.52. The van der Waals surface area contributed by atoms with Crippen molar-refractivity contribution in [3.05, 3.63) is 59.9 Å². The molecule has 1 aliphatic rings. The van der Waals surface area contributed by atoms with Gasteiger partial charge >= 0.3 is 0 Å². The fourth-order valence-corrected chi connectivity index (χ4v) is 2.99. The molecule has 2 aromatic rings. The number of likely N-dealkylation sites (tertiary alicyclic amines) is 1. The molecule has 2 amide bonds. The van der Waals surface area contributed by atoms with E-state index >= 15 is 0 Å². The van der Waals surface area contributed by atoms with Crippen LogP contribution in [0.25, 0.3) is 0 Å². The van der Waals surface area contributed by atoms with Gasteiger partial charge in [0.15, 0.2) is 6.10 Å². The largest absolute Gasteiger partial charge is 0.481 e. The van der Waals surface area contributed by atoms with Crippen LogP contribution in [-0.4, -0.2) is 35.9 Å². The molecule has 1 unspecified atom stereocenters. The van der Waals surface area contributed by atoms with Crippen molar-refractivity contribution in [2.45, 2.75) is 32.3 Å². The zero-order valence-corrected chi connectivity index (χ0v) is 15.3. The molecule has 0 aromatic heterocycles. The quantitative estimate of drug-likeness (QED) is 0.870. The number of piperidine rings is 1. The Labute approximate surface area is 158 Å². The fourth-order valence-electron chi connectivity index (χ4n) is 2.99. The third kappa shape index (κ3) is 5.06. The third-order valence-electron chi connectivity index (χ3n) is 4.54. The minimum absolute atomic E-state index is 0.0283. The number of carbonyl (C=O) groups is 2. The van der Waals surface area contributed by atoms with Gasteiger partial charge in [0.25, 0.3) is 11.8 Å². The Hall–Kier alpha value is -2.89. The maximum atomic E-state index is 12.9. The van der Waals surface area contributed by atoms with E-state index < -0.39 is 6.10 Å². The number of benzene rings is 2. The number of anilines is 1. The summed E-state index contributed by atoms with van der Waals surface area (Å²) < 4.78 is 18.4. The highest BCUT2D eigenvalue weighted by Gasteiger charge is 2.19. The van der Waals surface area contributed by atoms with Crippen molar-refractivity contribution in [1.82, 2.24) is 4.90 Å². The van der Waals surface area contributed by atoms with Crippen molar-refractivity contribution >= 4 is 17.5 Å². The number of hydrogen-bond acceptors (Lipinski definition) is 3. The molecule has 1 aliphatic heterocycles. The molecular weight excluding hydrogens is 347 g/mol. The van der Waals surface area contributed by atoms with Crippen LogP contribution in [0.1, 0.15) is 36.5 Å². The van der Waals surface area contributed by atoms with E-state index in [4.69, 9.17) is 4.74 Å². The van der Waals surface area contributed by atoms with Gasteiger partial charge in [0.1, 0.15) is 11.6 Å². The van der Waals surface area contributed by atoms with Crippen molar-refractivity contribution in [1.29, 1.82) is 0 Å². The second kappa shape index (κ2) is 8.66. The molecule has 0 radical (unpaired) electrons. The summed E-state index contributed by atoms with van der Waals surface area (Å²) in [4.78, 5) is 26.6. The summed E-state index contributed by atoms with van der Waals surface area (Å²) in [5.41, 5.74) is 1.20. The van der Waals surface area contributed by atoms with E-state index in [9.17, 15) is 14.0 Å². The van der Waals surface area contributed by atoms with Crippen LogP contribution in [0.2, 0.25) is 0 Å². The second-order valence-corrected chi connectivity index (χ2v) is 6.63. The summed E-state index contributed by atoms with van der Waals surface area (Å²) >= 11 is 0. The van der Waals surface area contributed by atoms with E-state index in [0.29, 0.717) is 17.0 Å². The molecule has 1 fully saturated rings. The average molecular weight is 370 g/mol. The lowest BCUT2D eigenvalue weighted by Gasteiger charge is -2.26. The molecule has 6 heteroatoms. The summed E-state index contributed by atoms with van der Waals surface area (Å²) in [6.45, 7) is 3.22. The zero-order valence-electron chi connectivity index (χ0n) is 15.3. The van der Waals surface area contributed by atoms with Crippen molar-refractivity contribution in [2.75, 3.05) is 18.4 Å². The van der Waals surface area contributed by atoms with Crippen LogP contribution in [0.4, 0.5) is 10.1 Å². The van der Waals surface area contributed by atoms with Gasteiger partial charge in [-0.05, 0) is 74.7 Å². The lowest BCUT2D eigenvalue weighted by atomic mass is 10.1. The van der Waals surface area contributed by atoms with Crippen molar-refractivity contribution in [2.24, 2.45) is 0 Å². The SMILES string of the molecule is CC(Oc1ccc(F)cc1)C(=O)Nc1ccc(C(=O)N2CCCCC2)cc1. The molecule has 27 heavy (non-hydrogen) atoms. The van der Waals surface area contributed by atoms with Gasteiger partial charge in [0.05, 0.1) is 0 Å². The molecule has 1 heterocycles. The second-order valence-electron chi connectivity index (χ2n) is 6.63. The first-order valence-electron chi connectivity index (χ1n) is 9.15. The molecule has 5 nitrogen and oxygen atoms in total. The van der Waals surface area contributed by atoms with Gasteiger partial charge in [0, 0.05) is 24.3 Å². The Balaban J connectivity index is 1.56. The first kappa shape index (κ1) is 18.9. The van der Waals surface area contributed by atoms with Crippen LogP contribution in [0, 0.1) is 5.82 Å². The Bertz CT molecular complexity index is 784. The van der Waals surface area contributed by atoms with Gasteiger partial charge in [-0.1, -0.05) is 0 Å². The predicted octanol–water partition coefficient (Wildman–Crippen LogP) is 3.86. The number of nitrogens with one attached hydrogen (secondary N) is 1. The van der Waals surface area contributed by atoms with E-state index in [0.717, 1.165) is 25.9 Å². The summed E-state index contributed by atoms with van der Waals surface area (Å²) in [5, 5.41) is 2.76. The molecule has 1 saturated heterocycles. The number of hydrogen-bond donors (Lipinski definition) is 1. The topological polar surface area (TPSA) is 58.6 Å². The monoisotopic (exact) mass is 370 g/mol. The van der Waals surface area contributed by atoms with E-state index in [1.54, 1.807) is 31.2 Å². The van der Waals surface area contributed by atoms with Gasteiger partial charge < -0.3 is 15.0 Å². The van der Waals surface area contributed by atoms with E-state index in [1.807, 2.05) is 4.90 Å². The summed E-state index contributed by atoms with van der Waals surface area (Å²) in [7, 11) is 0. The Morgan fingerprint density at radius 3 is 2.26 bits per heavy atom. The highest BCUT2D eigenvalue weighted by Crippen LogP contribution is 2.17. The maximum absolute atomic E-state index is 12.9. The normalized spacial score (nSPS) is 15.1. The summed E-state index contributed by atoms with van der Waals surface area (Å²) in [6, 6.07) is 12.4.